The third kappa shape index (κ3) is 4.13. The predicted octanol–water partition coefficient (Wildman–Crippen LogP) is 8.13. The molecule has 1 aliphatic carbocycles. The zero-order valence-corrected chi connectivity index (χ0v) is 23.2. The summed E-state index contributed by atoms with van der Waals surface area (Å²) in [6.45, 7) is 2.23. The van der Waals surface area contributed by atoms with E-state index in [1.807, 2.05) is 12.1 Å². The molecular formula is C29H25BrINO2. The lowest BCUT2D eigenvalue weighted by molar-refractivity contribution is 0.414. The normalized spacial score (nSPS) is 12.1. The van der Waals surface area contributed by atoms with Crippen LogP contribution in [-0.2, 0) is 19.3 Å². The lowest BCUT2D eigenvalue weighted by Crippen LogP contribution is -2.12. The van der Waals surface area contributed by atoms with Crippen LogP contribution in [0.5, 0.6) is 11.5 Å². The summed E-state index contributed by atoms with van der Waals surface area (Å²) in [7, 11) is 3.43. The van der Waals surface area contributed by atoms with Gasteiger partial charge in [0, 0.05) is 19.2 Å². The van der Waals surface area contributed by atoms with E-state index in [-0.39, 0.29) is 0 Å². The molecule has 5 heteroatoms. The molecule has 0 spiro atoms. The van der Waals surface area contributed by atoms with Crippen LogP contribution in [0.4, 0.5) is 0 Å². The first-order valence-corrected chi connectivity index (χ1v) is 13.2. The van der Waals surface area contributed by atoms with Crippen LogP contribution in [0.2, 0.25) is 0 Å². The third-order valence-electron chi connectivity index (χ3n) is 6.51. The van der Waals surface area contributed by atoms with E-state index in [1.54, 1.807) is 14.2 Å². The van der Waals surface area contributed by atoms with Gasteiger partial charge in [0.25, 0.3) is 0 Å². The second-order valence-corrected chi connectivity index (χ2v) is 10.5. The Balaban J connectivity index is 1.85. The van der Waals surface area contributed by atoms with Crippen molar-refractivity contribution in [3.8, 4) is 45.1 Å². The first kappa shape index (κ1) is 23.4. The van der Waals surface area contributed by atoms with Gasteiger partial charge in [0.05, 0.1) is 25.6 Å². The van der Waals surface area contributed by atoms with Gasteiger partial charge in [-0.25, -0.2) is 4.98 Å². The second-order valence-electron chi connectivity index (χ2n) is 8.37. The average Bonchev–Trinajstić information content (AvgIpc) is 2.86. The summed E-state index contributed by atoms with van der Waals surface area (Å²) >= 11 is 6.09. The van der Waals surface area contributed by atoms with E-state index in [0.717, 1.165) is 55.8 Å². The van der Waals surface area contributed by atoms with Crippen LogP contribution in [0.25, 0.3) is 33.6 Å². The van der Waals surface area contributed by atoms with Gasteiger partial charge >= 0.3 is 0 Å². The molecule has 172 valence electrons. The van der Waals surface area contributed by atoms with Crippen molar-refractivity contribution < 1.29 is 9.47 Å². The first-order chi connectivity index (χ1) is 16.5. The molecule has 1 heterocycles. The summed E-state index contributed by atoms with van der Waals surface area (Å²) in [6, 6.07) is 21.2. The van der Waals surface area contributed by atoms with E-state index in [2.05, 4.69) is 94.0 Å². The Morgan fingerprint density at radius 3 is 2.29 bits per heavy atom. The first-order valence-electron chi connectivity index (χ1n) is 11.4. The number of pyridine rings is 1. The third-order valence-corrected chi connectivity index (χ3v) is 7.89. The van der Waals surface area contributed by atoms with Crippen molar-refractivity contribution in [3.05, 3.63) is 85.4 Å². The summed E-state index contributed by atoms with van der Waals surface area (Å²) < 4.78 is 13.2. The minimum atomic E-state index is 0.855. The monoisotopic (exact) mass is 625 g/mol. The number of benzene rings is 3. The number of aryl methyl sites for hydroxylation is 1. The molecule has 0 saturated heterocycles. The molecular weight excluding hydrogens is 601 g/mol. The van der Waals surface area contributed by atoms with Crippen molar-refractivity contribution >= 4 is 38.5 Å². The molecule has 0 fully saturated rings. The summed E-state index contributed by atoms with van der Waals surface area (Å²) in [5.74, 6) is 1.75. The van der Waals surface area contributed by atoms with Crippen molar-refractivity contribution in [2.45, 2.75) is 26.2 Å². The molecule has 3 aromatic carbocycles. The topological polar surface area (TPSA) is 31.4 Å². The lowest BCUT2D eigenvalue weighted by atomic mass is 9.81. The largest absolute Gasteiger partial charge is 0.497 e. The van der Waals surface area contributed by atoms with Gasteiger partial charge in [0.15, 0.2) is 0 Å². The molecule has 0 amide bonds. The van der Waals surface area contributed by atoms with Crippen LogP contribution < -0.4 is 9.47 Å². The molecule has 3 nitrogen and oxygen atoms in total. The van der Waals surface area contributed by atoms with Gasteiger partial charge in [-0.2, -0.15) is 0 Å². The SMILES string of the molecule is CCc1c(-c2ccc(OC)cc2I)nc2c(c1-c1cccc(Br)c1)CCc1cc(OC)ccc1-2. The molecule has 1 aliphatic rings. The standard InChI is InChI=1S/C29H25BrINO2/c1-4-22-27(18-6-5-7-19(30)14-18)25-11-8-17-15-20(33-2)9-12-23(17)29(25)32-28(22)24-13-10-21(34-3)16-26(24)31/h5-7,9-10,12-16H,4,8,11H2,1-3H3. The fourth-order valence-corrected chi connectivity index (χ4v) is 6.04. The van der Waals surface area contributed by atoms with Gasteiger partial charge in [-0.1, -0.05) is 35.0 Å². The van der Waals surface area contributed by atoms with Crippen LogP contribution in [0.1, 0.15) is 23.6 Å². The van der Waals surface area contributed by atoms with Gasteiger partial charge in [-0.3, -0.25) is 0 Å². The van der Waals surface area contributed by atoms with Gasteiger partial charge in [-0.05, 0) is 118 Å². The van der Waals surface area contributed by atoms with Crippen molar-refractivity contribution in [1.82, 2.24) is 4.98 Å². The van der Waals surface area contributed by atoms with Crippen LogP contribution in [0, 0.1) is 3.57 Å². The highest BCUT2D eigenvalue weighted by Gasteiger charge is 2.27. The Hall–Kier alpha value is -2.38. The number of fused-ring (bicyclic) bond motifs is 3. The number of hydrogen-bond acceptors (Lipinski definition) is 3. The van der Waals surface area contributed by atoms with E-state index in [1.165, 1.54) is 33.4 Å². The molecule has 0 bridgehead atoms. The lowest BCUT2D eigenvalue weighted by Gasteiger charge is -2.27. The summed E-state index contributed by atoms with van der Waals surface area (Å²) in [5, 5.41) is 0. The molecule has 0 saturated carbocycles. The number of nitrogens with zero attached hydrogens (tertiary/aromatic N) is 1. The smallest absolute Gasteiger partial charge is 0.119 e. The van der Waals surface area contributed by atoms with Crippen LogP contribution in [-0.4, -0.2) is 19.2 Å². The van der Waals surface area contributed by atoms with Crippen LogP contribution in [0.15, 0.2) is 65.1 Å². The summed E-state index contributed by atoms with van der Waals surface area (Å²) in [4.78, 5) is 5.38. The molecule has 4 aromatic rings. The van der Waals surface area contributed by atoms with E-state index in [4.69, 9.17) is 14.5 Å². The van der Waals surface area contributed by atoms with Gasteiger partial charge in [-0.15, -0.1) is 0 Å². The number of hydrogen-bond donors (Lipinski definition) is 0. The zero-order valence-electron chi connectivity index (χ0n) is 19.4. The number of halogens is 2. The molecule has 0 unspecified atom stereocenters. The second kappa shape index (κ2) is 9.70. The fourth-order valence-electron chi connectivity index (χ4n) is 4.90. The molecule has 0 aliphatic heterocycles. The Morgan fingerprint density at radius 1 is 0.882 bits per heavy atom. The van der Waals surface area contributed by atoms with Crippen molar-refractivity contribution in [3.63, 3.8) is 0 Å². The Bertz CT molecular complexity index is 1400. The molecule has 5 rings (SSSR count). The van der Waals surface area contributed by atoms with Crippen molar-refractivity contribution in [2.24, 2.45) is 0 Å². The Labute approximate surface area is 222 Å². The molecule has 0 N–H and O–H groups in total. The minimum Gasteiger partial charge on any atom is -0.497 e. The number of aromatic nitrogens is 1. The van der Waals surface area contributed by atoms with Crippen molar-refractivity contribution in [2.75, 3.05) is 14.2 Å². The van der Waals surface area contributed by atoms with Gasteiger partial charge in [0.1, 0.15) is 11.5 Å². The maximum Gasteiger partial charge on any atom is 0.119 e. The van der Waals surface area contributed by atoms with Crippen LogP contribution in [0.3, 0.4) is 0 Å². The van der Waals surface area contributed by atoms with E-state index >= 15 is 0 Å². The highest BCUT2D eigenvalue weighted by molar-refractivity contribution is 14.1. The minimum absolute atomic E-state index is 0.855. The van der Waals surface area contributed by atoms with E-state index in [9.17, 15) is 0 Å². The molecule has 34 heavy (non-hydrogen) atoms. The Kier molecular flexibility index (Phi) is 6.67. The fraction of sp³-hybridized carbons (Fsp3) is 0.207. The van der Waals surface area contributed by atoms with E-state index in [0.29, 0.717) is 0 Å². The average molecular weight is 626 g/mol. The highest BCUT2D eigenvalue weighted by Crippen LogP contribution is 2.45. The van der Waals surface area contributed by atoms with Gasteiger partial charge < -0.3 is 9.47 Å². The van der Waals surface area contributed by atoms with Crippen molar-refractivity contribution in [1.29, 1.82) is 0 Å². The summed E-state index contributed by atoms with van der Waals surface area (Å²) in [5.41, 5.74) is 10.9. The zero-order chi connectivity index (χ0) is 23.8. The summed E-state index contributed by atoms with van der Waals surface area (Å²) in [6.07, 6.45) is 2.83. The highest BCUT2D eigenvalue weighted by atomic mass is 127. The number of ether oxygens (including phenoxy) is 2. The quantitative estimate of drug-likeness (QED) is 0.210. The molecule has 1 aromatic heterocycles. The number of rotatable bonds is 5. The van der Waals surface area contributed by atoms with E-state index < -0.39 is 0 Å². The van der Waals surface area contributed by atoms with Gasteiger partial charge in [0.2, 0.25) is 0 Å². The maximum atomic E-state index is 5.50. The van der Waals surface area contributed by atoms with Crippen LogP contribution >= 0.6 is 38.5 Å². The predicted molar refractivity (Wildman–Crippen MR) is 151 cm³/mol. The number of methoxy groups -OCH3 is 2. The molecule has 0 atom stereocenters. The Morgan fingerprint density at radius 2 is 1.62 bits per heavy atom. The molecule has 0 radical (unpaired) electrons. The maximum absolute atomic E-state index is 5.50.